The minimum Gasteiger partial charge on any atom is -0.494 e. The summed E-state index contributed by atoms with van der Waals surface area (Å²) in [6.45, 7) is 3.39. The number of hydrogen-bond acceptors (Lipinski definition) is 6. The summed E-state index contributed by atoms with van der Waals surface area (Å²) >= 11 is 1.000. The van der Waals surface area contributed by atoms with E-state index in [1.165, 1.54) is 0 Å². The van der Waals surface area contributed by atoms with Crippen molar-refractivity contribution in [3.05, 3.63) is 83.9 Å². The first-order valence-electron chi connectivity index (χ1n) is 12.4. The third-order valence-electron chi connectivity index (χ3n) is 5.69. The normalized spacial score (nSPS) is 15.0. The van der Waals surface area contributed by atoms with E-state index in [0.717, 1.165) is 72.2 Å². The van der Waals surface area contributed by atoms with Crippen LogP contribution < -0.4 is 19.5 Å². The van der Waals surface area contributed by atoms with Gasteiger partial charge in [0.05, 0.1) is 13.2 Å². The van der Waals surface area contributed by atoms with Gasteiger partial charge in [-0.3, -0.25) is 14.9 Å². The molecule has 6 nitrogen and oxygen atoms in total. The van der Waals surface area contributed by atoms with Crippen molar-refractivity contribution in [1.29, 1.82) is 0 Å². The Balaban J connectivity index is 1.18. The molecule has 3 aromatic carbocycles. The van der Waals surface area contributed by atoms with Crippen LogP contribution in [0.25, 0.3) is 0 Å². The van der Waals surface area contributed by atoms with Gasteiger partial charge < -0.3 is 14.2 Å². The predicted octanol–water partition coefficient (Wildman–Crippen LogP) is 7.08. The van der Waals surface area contributed by atoms with Crippen LogP contribution in [0.1, 0.15) is 49.0 Å². The number of ether oxygens (including phenoxy) is 3. The van der Waals surface area contributed by atoms with Gasteiger partial charge in [0.2, 0.25) is 5.91 Å². The molecule has 1 aliphatic rings. The maximum absolute atomic E-state index is 11.9. The molecule has 2 amide bonds. The lowest BCUT2D eigenvalue weighted by Crippen LogP contribution is -2.20. The number of carbonyl (C=O) groups is 2. The average molecular weight is 506 g/mol. The number of imide groups is 1. The highest BCUT2D eigenvalue weighted by molar-refractivity contribution is 8.15. The van der Waals surface area contributed by atoms with Gasteiger partial charge in [0.25, 0.3) is 5.24 Å². The largest absolute Gasteiger partial charge is 0.494 e. The maximum Gasteiger partial charge on any atom is 0.286 e. The number of benzene rings is 3. The Morgan fingerprint density at radius 3 is 2.33 bits per heavy atom. The standard InChI is InChI=1S/C29H31NO5S/c1-2-10-21-19-25(35-23-12-5-3-6-13-23)15-16-26(21)34-18-8-4-7-17-33-24-14-9-11-22(20-24)27-28(31)30-29(32)36-27/h3,5-6,9,11-16,19-20,27H,2,4,7-8,10,17-18H2,1H3,(H,30,31,32). The Kier molecular flexibility index (Phi) is 9.27. The Labute approximate surface area is 216 Å². The van der Waals surface area contributed by atoms with Crippen molar-refractivity contribution in [3.63, 3.8) is 0 Å². The van der Waals surface area contributed by atoms with Gasteiger partial charge in [-0.05, 0) is 91.0 Å². The molecule has 3 aromatic rings. The molecule has 188 valence electrons. The number of carbonyl (C=O) groups excluding carboxylic acids is 2. The Bertz CT molecular complexity index is 1170. The molecule has 1 heterocycles. The first-order chi connectivity index (χ1) is 17.6. The van der Waals surface area contributed by atoms with Crippen LogP contribution in [0.3, 0.4) is 0 Å². The highest BCUT2D eigenvalue weighted by atomic mass is 32.2. The molecule has 0 bridgehead atoms. The van der Waals surface area contributed by atoms with Gasteiger partial charge in [-0.15, -0.1) is 0 Å². The van der Waals surface area contributed by atoms with E-state index in [2.05, 4.69) is 18.3 Å². The Morgan fingerprint density at radius 2 is 1.58 bits per heavy atom. The molecule has 7 heteroatoms. The van der Waals surface area contributed by atoms with E-state index in [4.69, 9.17) is 14.2 Å². The second-order valence-corrected chi connectivity index (χ2v) is 9.62. The quantitative estimate of drug-likeness (QED) is 0.250. The third-order valence-corrected chi connectivity index (χ3v) is 6.73. The zero-order valence-corrected chi connectivity index (χ0v) is 21.2. The smallest absolute Gasteiger partial charge is 0.286 e. The van der Waals surface area contributed by atoms with Crippen molar-refractivity contribution in [2.24, 2.45) is 0 Å². The lowest BCUT2D eigenvalue weighted by molar-refractivity contribution is -0.119. The Morgan fingerprint density at radius 1 is 0.806 bits per heavy atom. The average Bonchev–Trinajstić information content (AvgIpc) is 3.23. The maximum atomic E-state index is 11.9. The van der Waals surface area contributed by atoms with Crippen molar-refractivity contribution in [2.45, 2.75) is 44.3 Å². The summed E-state index contributed by atoms with van der Waals surface area (Å²) in [5.74, 6) is 2.98. The fourth-order valence-corrected chi connectivity index (χ4v) is 4.77. The molecule has 1 unspecified atom stereocenters. The zero-order chi connectivity index (χ0) is 25.2. The second kappa shape index (κ2) is 13.0. The van der Waals surface area contributed by atoms with Crippen LogP contribution in [0.2, 0.25) is 0 Å². The van der Waals surface area contributed by atoms with E-state index < -0.39 is 5.25 Å². The molecule has 36 heavy (non-hydrogen) atoms. The molecule has 0 spiro atoms. The molecule has 1 fully saturated rings. The summed E-state index contributed by atoms with van der Waals surface area (Å²) in [5.41, 5.74) is 1.93. The number of hydrogen-bond donors (Lipinski definition) is 1. The molecule has 1 N–H and O–H groups in total. The second-order valence-electron chi connectivity index (χ2n) is 8.54. The van der Waals surface area contributed by atoms with Crippen molar-refractivity contribution in [1.82, 2.24) is 5.32 Å². The number of unbranched alkanes of at least 4 members (excludes halogenated alkanes) is 2. The van der Waals surface area contributed by atoms with Crippen LogP contribution >= 0.6 is 11.8 Å². The van der Waals surface area contributed by atoms with Crippen LogP contribution in [0.5, 0.6) is 23.0 Å². The van der Waals surface area contributed by atoms with E-state index in [1.54, 1.807) is 0 Å². The van der Waals surface area contributed by atoms with Gasteiger partial charge in [0.15, 0.2) is 0 Å². The van der Waals surface area contributed by atoms with Gasteiger partial charge in [-0.1, -0.05) is 43.7 Å². The van der Waals surface area contributed by atoms with Crippen LogP contribution in [0, 0.1) is 0 Å². The number of amides is 2. The van der Waals surface area contributed by atoms with E-state index in [-0.39, 0.29) is 11.1 Å². The first-order valence-corrected chi connectivity index (χ1v) is 13.2. The molecule has 0 aliphatic carbocycles. The Hall–Kier alpha value is -3.45. The molecular weight excluding hydrogens is 474 g/mol. The molecule has 1 atom stereocenters. The van der Waals surface area contributed by atoms with Crippen LogP contribution in [0.15, 0.2) is 72.8 Å². The number of rotatable bonds is 13. The summed E-state index contributed by atoms with van der Waals surface area (Å²) in [7, 11) is 0. The van der Waals surface area contributed by atoms with Gasteiger partial charge >= 0.3 is 0 Å². The third kappa shape index (κ3) is 7.28. The van der Waals surface area contributed by atoms with Gasteiger partial charge in [0, 0.05) is 0 Å². The lowest BCUT2D eigenvalue weighted by Gasteiger charge is -2.14. The highest BCUT2D eigenvalue weighted by Crippen LogP contribution is 2.35. The minimum absolute atomic E-state index is 0.275. The minimum atomic E-state index is -0.505. The van der Waals surface area contributed by atoms with E-state index in [0.29, 0.717) is 19.0 Å². The molecule has 0 saturated carbocycles. The molecule has 0 aromatic heterocycles. The number of aryl methyl sites for hydroxylation is 1. The summed E-state index contributed by atoms with van der Waals surface area (Å²) in [5, 5.41) is 1.50. The number of nitrogens with one attached hydrogen (secondary N) is 1. The molecule has 0 radical (unpaired) electrons. The van der Waals surface area contributed by atoms with Crippen molar-refractivity contribution < 1.29 is 23.8 Å². The van der Waals surface area contributed by atoms with Gasteiger partial charge in [0.1, 0.15) is 28.2 Å². The van der Waals surface area contributed by atoms with Crippen LogP contribution in [0.4, 0.5) is 4.79 Å². The van der Waals surface area contributed by atoms with Crippen molar-refractivity contribution in [2.75, 3.05) is 13.2 Å². The lowest BCUT2D eigenvalue weighted by atomic mass is 10.1. The summed E-state index contributed by atoms with van der Waals surface area (Å²) in [6.07, 6.45) is 4.77. The van der Waals surface area contributed by atoms with Gasteiger partial charge in [-0.25, -0.2) is 0 Å². The van der Waals surface area contributed by atoms with Crippen molar-refractivity contribution in [3.8, 4) is 23.0 Å². The monoisotopic (exact) mass is 505 g/mol. The first kappa shape index (κ1) is 25.6. The zero-order valence-electron chi connectivity index (χ0n) is 20.4. The van der Waals surface area contributed by atoms with Crippen LogP contribution in [-0.2, 0) is 11.2 Å². The topological polar surface area (TPSA) is 73.9 Å². The fourth-order valence-electron chi connectivity index (χ4n) is 3.95. The number of para-hydroxylation sites is 1. The van der Waals surface area contributed by atoms with Crippen molar-refractivity contribution >= 4 is 22.9 Å². The SMILES string of the molecule is CCCc1cc(Oc2ccccc2)ccc1OCCCCCOc1cccc(C2SC(=O)NC2=O)c1. The van der Waals surface area contributed by atoms with Gasteiger partial charge in [-0.2, -0.15) is 0 Å². The van der Waals surface area contributed by atoms with Crippen LogP contribution in [-0.4, -0.2) is 24.4 Å². The summed E-state index contributed by atoms with van der Waals surface area (Å²) in [4.78, 5) is 23.3. The summed E-state index contributed by atoms with van der Waals surface area (Å²) in [6, 6.07) is 23.2. The van der Waals surface area contributed by atoms with E-state index in [9.17, 15) is 9.59 Å². The predicted molar refractivity (Wildman–Crippen MR) is 142 cm³/mol. The van der Waals surface area contributed by atoms with E-state index in [1.807, 2.05) is 66.7 Å². The fraction of sp³-hybridized carbons (Fsp3) is 0.310. The molecule has 1 aliphatic heterocycles. The number of thioether (sulfide) groups is 1. The molecular formula is C29H31NO5S. The summed E-state index contributed by atoms with van der Waals surface area (Å²) < 4.78 is 17.9. The molecule has 1 saturated heterocycles. The highest BCUT2D eigenvalue weighted by Gasteiger charge is 2.32. The van der Waals surface area contributed by atoms with E-state index >= 15 is 0 Å². The molecule has 4 rings (SSSR count).